The second-order valence-electron chi connectivity index (χ2n) is 7.15. The highest BCUT2D eigenvalue weighted by Crippen LogP contribution is 2.36. The zero-order chi connectivity index (χ0) is 22.3. The molecule has 10 heteroatoms. The molecule has 1 saturated heterocycles. The lowest BCUT2D eigenvalue weighted by Gasteiger charge is -2.34. The number of hydrogen-bond acceptors (Lipinski definition) is 3. The largest absolute Gasteiger partial charge is 0.417 e. The van der Waals surface area contributed by atoms with Crippen LogP contribution in [0.15, 0.2) is 41.3 Å². The average Bonchev–Trinajstić information content (AvgIpc) is 2.68. The van der Waals surface area contributed by atoms with Crippen LogP contribution in [-0.4, -0.2) is 49.7 Å². The van der Waals surface area contributed by atoms with Gasteiger partial charge in [0.15, 0.2) is 0 Å². The van der Waals surface area contributed by atoms with Crippen molar-refractivity contribution in [2.75, 3.05) is 26.2 Å². The van der Waals surface area contributed by atoms with Gasteiger partial charge in [-0.3, -0.25) is 4.79 Å². The van der Waals surface area contributed by atoms with Crippen LogP contribution in [0.25, 0.3) is 0 Å². The van der Waals surface area contributed by atoms with Crippen molar-refractivity contribution in [2.24, 2.45) is 0 Å². The van der Waals surface area contributed by atoms with E-state index < -0.39 is 31.7 Å². The minimum absolute atomic E-state index is 0.0110. The molecule has 0 N–H and O–H groups in total. The smallest absolute Gasteiger partial charge is 0.336 e. The Balaban J connectivity index is 1.77. The molecule has 1 heterocycles. The van der Waals surface area contributed by atoms with Gasteiger partial charge in [-0.25, -0.2) is 8.42 Å². The third-order valence-corrected chi connectivity index (χ3v) is 7.25. The summed E-state index contributed by atoms with van der Waals surface area (Å²) >= 11 is 5.58. The molecule has 3 rings (SSSR count). The third kappa shape index (κ3) is 4.48. The van der Waals surface area contributed by atoms with Crippen molar-refractivity contribution in [3.8, 4) is 0 Å². The molecular weight excluding hydrogens is 441 g/mol. The van der Waals surface area contributed by atoms with E-state index in [-0.39, 0.29) is 32.1 Å². The van der Waals surface area contributed by atoms with Gasteiger partial charge >= 0.3 is 6.18 Å². The fourth-order valence-corrected chi connectivity index (χ4v) is 4.97. The van der Waals surface area contributed by atoms with Crippen LogP contribution < -0.4 is 0 Å². The molecule has 0 atom stereocenters. The maximum Gasteiger partial charge on any atom is 0.417 e. The highest BCUT2D eigenvalue weighted by molar-refractivity contribution is 7.89. The zero-order valence-corrected chi connectivity index (χ0v) is 17.9. The molecule has 0 radical (unpaired) electrons. The van der Waals surface area contributed by atoms with E-state index >= 15 is 0 Å². The first-order valence-corrected chi connectivity index (χ1v) is 11.0. The monoisotopic (exact) mass is 460 g/mol. The molecule has 5 nitrogen and oxygen atoms in total. The topological polar surface area (TPSA) is 57.7 Å². The van der Waals surface area contributed by atoms with Crippen LogP contribution in [0, 0.1) is 13.8 Å². The number of sulfonamides is 1. The SMILES string of the molecule is Cc1ccc(C)c(C(=O)N2CCN(S(=O)(=O)c3ccc(Cl)c(C(F)(F)F)c3)CC2)c1. The molecular formula is C20H20ClF3N2O3S. The van der Waals surface area contributed by atoms with Crippen molar-refractivity contribution >= 4 is 27.5 Å². The van der Waals surface area contributed by atoms with Gasteiger partial charge in [0, 0.05) is 31.7 Å². The van der Waals surface area contributed by atoms with E-state index in [2.05, 4.69) is 0 Å². The normalized spacial score (nSPS) is 16.0. The van der Waals surface area contributed by atoms with Gasteiger partial charge < -0.3 is 4.90 Å². The highest BCUT2D eigenvalue weighted by atomic mass is 35.5. The van der Waals surface area contributed by atoms with Gasteiger partial charge in [-0.15, -0.1) is 0 Å². The van der Waals surface area contributed by atoms with Crippen molar-refractivity contribution in [2.45, 2.75) is 24.9 Å². The quantitative estimate of drug-likeness (QED) is 0.692. The number of hydrogen-bond donors (Lipinski definition) is 0. The van der Waals surface area contributed by atoms with Crippen LogP contribution in [0.2, 0.25) is 5.02 Å². The van der Waals surface area contributed by atoms with Gasteiger partial charge in [-0.05, 0) is 43.7 Å². The number of nitrogens with zero attached hydrogens (tertiary/aromatic N) is 2. The second kappa shape index (κ2) is 8.20. The highest BCUT2D eigenvalue weighted by Gasteiger charge is 2.36. The number of piperazine rings is 1. The van der Waals surface area contributed by atoms with Gasteiger partial charge in [-0.2, -0.15) is 17.5 Å². The molecule has 0 spiro atoms. The van der Waals surface area contributed by atoms with Crippen LogP contribution in [0.1, 0.15) is 27.0 Å². The summed E-state index contributed by atoms with van der Waals surface area (Å²) in [6.45, 7) is 3.97. The standard InChI is InChI=1S/C20H20ClF3N2O3S/c1-13-3-4-14(2)16(11-13)19(27)25-7-9-26(10-8-25)30(28,29)15-5-6-18(21)17(12-15)20(22,23)24/h3-6,11-12H,7-10H2,1-2H3. The number of halogens is 4. The third-order valence-electron chi connectivity index (χ3n) is 5.03. The molecule has 0 aliphatic carbocycles. The molecule has 0 aromatic heterocycles. The first-order valence-electron chi connectivity index (χ1n) is 9.14. The number of aryl methyl sites for hydroxylation is 2. The maximum atomic E-state index is 13.1. The minimum atomic E-state index is -4.76. The van der Waals surface area contributed by atoms with Crippen LogP contribution >= 0.6 is 11.6 Å². The summed E-state index contributed by atoms with van der Waals surface area (Å²) in [5, 5.41) is -0.564. The molecule has 2 aromatic carbocycles. The maximum absolute atomic E-state index is 13.1. The Morgan fingerprint density at radius 3 is 2.23 bits per heavy atom. The van der Waals surface area contributed by atoms with Crippen molar-refractivity contribution < 1.29 is 26.4 Å². The molecule has 1 aliphatic rings. The number of alkyl halides is 3. The van der Waals surface area contributed by atoms with E-state index in [1.807, 2.05) is 26.0 Å². The Morgan fingerprint density at radius 2 is 1.63 bits per heavy atom. The Bertz CT molecular complexity index is 1080. The summed E-state index contributed by atoms with van der Waals surface area (Å²) in [6.07, 6.45) is -4.76. The van der Waals surface area contributed by atoms with Gasteiger partial charge in [0.1, 0.15) is 0 Å². The Labute approximate surface area is 178 Å². The predicted molar refractivity (Wildman–Crippen MR) is 107 cm³/mol. The fourth-order valence-electron chi connectivity index (χ4n) is 3.30. The fraction of sp³-hybridized carbons (Fsp3) is 0.350. The molecule has 2 aromatic rings. The average molecular weight is 461 g/mol. The summed E-state index contributed by atoms with van der Waals surface area (Å²) in [6, 6.07) is 8.07. The molecule has 30 heavy (non-hydrogen) atoms. The van der Waals surface area contributed by atoms with Crippen molar-refractivity contribution in [3.05, 3.63) is 63.7 Å². The summed E-state index contributed by atoms with van der Waals surface area (Å²) in [4.78, 5) is 13.9. The lowest BCUT2D eigenvalue weighted by Crippen LogP contribution is -2.50. The van der Waals surface area contributed by atoms with Gasteiger partial charge in [0.2, 0.25) is 10.0 Å². The zero-order valence-electron chi connectivity index (χ0n) is 16.3. The Kier molecular flexibility index (Phi) is 6.18. The summed E-state index contributed by atoms with van der Waals surface area (Å²) in [7, 11) is -4.15. The van der Waals surface area contributed by atoms with Gasteiger partial charge in [-0.1, -0.05) is 29.3 Å². The Hall–Kier alpha value is -2.10. The number of amides is 1. The first-order chi connectivity index (χ1) is 13.9. The van der Waals surface area contributed by atoms with Crippen LogP contribution in [-0.2, 0) is 16.2 Å². The van der Waals surface area contributed by atoms with Crippen molar-refractivity contribution in [1.29, 1.82) is 0 Å². The van der Waals surface area contributed by atoms with E-state index in [9.17, 15) is 26.4 Å². The molecule has 162 valence electrons. The van der Waals surface area contributed by atoms with Crippen molar-refractivity contribution in [3.63, 3.8) is 0 Å². The molecule has 0 saturated carbocycles. The Morgan fingerprint density at radius 1 is 1.00 bits per heavy atom. The first kappa shape index (κ1) is 22.6. The molecule has 1 fully saturated rings. The molecule has 0 bridgehead atoms. The van der Waals surface area contributed by atoms with Gasteiger partial charge in [0.05, 0.1) is 15.5 Å². The minimum Gasteiger partial charge on any atom is -0.336 e. The number of carbonyl (C=O) groups is 1. The summed E-state index contributed by atoms with van der Waals surface area (Å²) < 4.78 is 66.0. The molecule has 1 amide bonds. The number of carbonyl (C=O) groups excluding carboxylic acids is 1. The lowest BCUT2D eigenvalue weighted by molar-refractivity contribution is -0.137. The molecule has 1 aliphatic heterocycles. The number of benzene rings is 2. The number of rotatable bonds is 3. The van der Waals surface area contributed by atoms with E-state index in [4.69, 9.17) is 11.6 Å². The van der Waals surface area contributed by atoms with Crippen LogP contribution in [0.5, 0.6) is 0 Å². The van der Waals surface area contributed by atoms with Crippen LogP contribution in [0.4, 0.5) is 13.2 Å². The van der Waals surface area contributed by atoms with Gasteiger partial charge in [0.25, 0.3) is 5.91 Å². The van der Waals surface area contributed by atoms with E-state index in [0.29, 0.717) is 11.6 Å². The lowest BCUT2D eigenvalue weighted by atomic mass is 10.0. The molecule has 0 unspecified atom stereocenters. The van der Waals surface area contributed by atoms with Crippen molar-refractivity contribution in [1.82, 2.24) is 9.21 Å². The second-order valence-corrected chi connectivity index (χ2v) is 9.50. The van der Waals surface area contributed by atoms with E-state index in [1.165, 1.54) is 0 Å². The van der Waals surface area contributed by atoms with E-state index in [0.717, 1.165) is 27.6 Å². The van der Waals surface area contributed by atoms with E-state index in [1.54, 1.807) is 11.0 Å². The van der Waals surface area contributed by atoms with Crippen LogP contribution in [0.3, 0.4) is 0 Å². The predicted octanol–water partition coefficient (Wildman–Crippen LogP) is 4.12. The summed E-state index contributed by atoms with van der Waals surface area (Å²) in [5.41, 5.74) is 1.11. The summed E-state index contributed by atoms with van der Waals surface area (Å²) in [5.74, 6) is -0.195.